The zero-order chi connectivity index (χ0) is 18.4. The molecule has 7 heteroatoms. The van der Waals surface area contributed by atoms with Gasteiger partial charge in [0.15, 0.2) is 11.5 Å². The molecule has 0 aliphatic rings. The van der Waals surface area contributed by atoms with Crippen LogP contribution in [0.25, 0.3) is 0 Å². The Morgan fingerprint density at radius 1 is 1.16 bits per heavy atom. The first kappa shape index (κ1) is 19.2. The SMILES string of the molecule is COc1c(O)ccc(OCCCC(=O)Oc2ccc(Cl)cc2Cl)c1C. The van der Waals surface area contributed by atoms with Gasteiger partial charge >= 0.3 is 5.97 Å². The second-order valence-corrected chi connectivity index (χ2v) is 6.09. The van der Waals surface area contributed by atoms with E-state index in [0.29, 0.717) is 35.1 Å². The second kappa shape index (κ2) is 8.83. The monoisotopic (exact) mass is 384 g/mol. The lowest BCUT2D eigenvalue weighted by atomic mass is 10.2. The molecule has 0 atom stereocenters. The average molecular weight is 385 g/mol. The van der Waals surface area contributed by atoms with Crippen LogP contribution in [0, 0.1) is 6.92 Å². The van der Waals surface area contributed by atoms with Gasteiger partial charge in [-0.15, -0.1) is 0 Å². The van der Waals surface area contributed by atoms with Gasteiger partial charge in [-0.2, -0.15) is 0 Å². The van der Waals surface area contributed by atoms with Crippen LogP contribution in [0.15, 0.2) is 30.3 Å². The quantitative estimate of drug-likeness (QED) is 0.422. The van der Waals surface area contributed by atoms with E-state index in [1.54, 1.807) is 25.1 Å². The summed E-state index contributed by atoms with van der Waals surface area (Å²) < 4.78 is 15.9. The van der Waals surface area contributed by atoms with Crippen molar-refractivity contribution in [2.45, 2.75) is 19.8 Å². The molecule has 25 heavy (non-hydrogen) atoms. The molecular formula is C18H18Cl2O5. The molecule has 2 aromatic rings. The standard InChI is InChI=1S/C18H18Cl2O5/c1-11-15(8-6-14(21)18(11)23-2)24-9-3-4-17(22)25-16-7-5-12(19)10-13(16)20/h5-8,10,21H,3-4,9H2,1-2H3. The predicted molar refractivity (Wildman–Crippen MR) is 96.2 cm³/mol. The molecule has 0 aliphatic heterocycles. The fourth-order valence-electron chi connectivity index (χ4n) is 2.20. The van der Waals surface area contributed by atoms with Crippen molar-refractivity contribution < 1.29 is 24.1 Å². The molecule has 134 valence electrons. The Bertz CT molecular complexity index is 761. The Morgan fingerprint density at radius 2 is 1.88 bits per heavy atom. The number of ether oxygens (including phenoxy) is 3. The highest BCUT2D eigenvalue weighted by atomic mass is 35.5. The first-order valence-electron chi connectivity index (χ1n) is 7.57. The van der Waals surface area contributed by atoms with Gasteiger partial charge in [0.1, 0.15) is 11.5 Å². The van der Waals surface area contributed by atoms with Crippen molar-refractivity contribution in [3.05, 3.63) is 45.9 Å². The van der Waals surface area contributed by atoms with Crippen LogP contribution < -0.4 is 14.2 Å². The number of aromatic hydroxyl groups is 1. The van der Waals surface area contributed by atoms with Crippen molar-refractivity contribution in [2.24, 2.45) is 0 Å². The second-order valence-electron chi connectivity index (χ2n) is 5.24. The van der Waals surface area contributed by atoms with Gasteiger partial charge < -0.3 is 19.3 Å². The Kier molecular flexibility index (Phi) is 6.79. The molecule has 0 unspecified atom stereocenters. The lowest BCUT2D eigenvalue weighted by Crippen LogP contribution is -2.10. The zero-order valence-corrected chi connectivity index (χ0v) is 15.4. The predicted octanol–water partition coefficient (Wildman–Crippen LogP) is 4.78. The molecule has 0 heterocycles. The maximum atomic E-state index is 11.9. The third-order valence-corrected chi connectivity index (χ3v) is 3.97. The summed E-state index contributed by atoms with van der Waals surface area (Å²) >= 11 is 11.7. The average Bonchev–Trinajstić information content (AvgIpc) is 2.56. The van der Waals surface area contributed by atoms with E-state index in [2.05, 4.69) is 0 Å². The number of phenolic OH excluding ortho intramolecular Hbond substituents is 1. The maximum Gasteiger partial charge on any atom is 0.311 e. The van der Waals surface area contributed by atoms with Crippen LogP contribution in [-0.4, -0.2) is 24.8 Å². The van der Waals surface area contributed by atoms with Crippen molar-refractivity contribution in [3.63, 3.8) is 0 Å². The van der Waals surface area contributed by atoms with E-state index >= 15 is 0 Å². The molecule has 2 rings (SSSR count). The molecule has 0 aliphatic carbocycles. The highest BCUT2D eigenvalue weighted by Gasteiger charge is 2.12. The third kappa shape index (κ3) is 5.18. The van der Waals surface area contributed by atoms with Gasteiger partial charge in [0, 0.05) is 17.0 Å². The molecule has 1 N–H and O–H groups in total. The molecule has 0 radical (unpaired) electrons. The lowest BCUT2D eigenvalue weighted by Gasteiger charge is -2.13. The summed E-state index contributed by atoms with van der Waals surface area (Å²) in [6.07, 6.45) is 0.639. The zero-order valence-electron chi connectivity index (χ0n) is 13.8. The molecule has 5 nitrogen and oxygen atoms in total. The molecule has 0 spiro atoms. The van der Waals surface area contributed by atoms with Crippen molar-refractivity contribution >= 4 is 29.2 Å². The Labute approximate surface area is 156 Å². The first-order valence-corrected chi connectivity index (χ1v) is 8.33. The van der Waals surface area contributed by atoms with Crippen LogP contribution in [0.1, 0.15) is 18.4 Å². The summed E-state index contributed by atoms with van der Waals surface area (Å²) in [5, 5.41) is 10.4. The summed E-state index contributed by atoms with van der Waals surface area (Å²) in [7, 11) is 1.48. The van der Waals surface area contributed by atoms with E-state index < -0.39 is 5.97 Å². The highest BCUT2D eigenvalue weighted by Crippen LogP contribution is 2.35. The summed E-state index contributed by atoms with van der Waals surface area (Å²) in [6.45, 7) is 2.10. The van der Waals surface area contributed by atoms with E-state index in [4.69, 9.17) is 37.4 Å². The molecule has 0 saturated heterocycles. The van der Waals surface area contributed by atoms with Gasteiger partial charge in [-0.25, -0.2) is 0 Å². The molecule has 0 amide bonds. The van der Waals surface area contributed by atoms with E-state index in [1.165, 1.54) is 19.2 Å². The maximum absolute atomic E-state index is 11.9. The summed E-state index contributed by atoms with van der Waals surface area (Å²) in [5.41, 5.74) is 0.693. The normalized spacial score (nSPS) is 10.4. The lowest BCUT2D eigenvalue weighted by molar-refractivity contribution is -0.134. The number of methoxy groups -OCH3 is 1. The highest BCUT2D eigenvalue weighted by molar-refractivity contribution is 6.35. The number of rotatable bonds is 7. The number of benzene rings is 2. The minimum atomic E-state index is -0.409. The number of carbonyl (C=O) groups excluding carboxylic acids is 1. The molecular weight excluding hydrogens is 367 g/mol. The van der Waals surface area contributed by atoms with Crippen LogP contribution in [-0.2, 0) is 4.79 Å². The van der Waals surface area contributed by atoms with Crippen molar-refractivity contribution in [3.8, 4) is 23.0 Å². The van der Waals surface area contributed by atoms with E-state index in [-0.39, 0.29) is 22.9 Å². The fourth-order valence-corrected chi connectivity index (χ4v) is 2.65. The third-order valence-electron chi connectivity index (χ3n) is 3.44. The van der Waals surface area contributed by atoms with Crippen LogP contribution in [0.3, 0.4) is 0 Å². The van der Waals surface area contributed by atoms with Crippen LogP contribution in [0.4, 0.5) is 0 Å². The van der Waals surface area contributed by atoms with Crippen LogP contribution in [0.2, 0.25) is 10.0 Å². The van der Waals surface area contributed by atoms with Gasteiger partial charge in [-0.3, -0.25) is 4.79 Å². The van der Waals surface area contributed by atoms with E-state index in [9.17, 15) is 9.90 Å². The summed E-state index contributed by atoms with van der Waals surface area (Å²) in [6, 6.07) is 7.80. The molecule has 0 aromatic heterocycles. The Hall–Kier alpha value is -2.11. The summed E-state index contributed by atoms with van der Waals surface area (Å²) in [4.78, 5) is 11.9. The van der Waals surface area contributed by atoms with E-state index in [0.717, 1.165) is 0 Å². The van der Waals surface area contributed by atoms with Crippen molar-refractivity contribution in [1.82, 2.24) is 0 Å². The number of phenols is 1. The Balaban J connectivity index is 1.82. The minimum absolute atomic E-state index is 0.0516. The number of halogens is 2. The number of carbonyl (C=O) groups is 1. The molecule has 0 saturated carbocycles. The minimum Gasteiger partial charge on any atom is -0.504 e. The topological polar surface area (TPSA) is 65.0 Å². The van der Waals surface area contributed by atoms with Crippen LogP contribution >= 0.6 is 23.2 Å². The van der Waals surface area contributed by atoms with Gasteiger partial charge in [-0.05, 0) is 43.7 Å². The van der Waals surface area contributed by atoms with Crippen LogP contribution in [0.5, 0.6) is 23.0 Å². The number of hydrogen-bond donors (Lipinski definition) is 1. The van der Waals surface area contributed by atoms with Gasteiger partial charge in [0.05, 0.1) is 18.7 Å². The number of hydrogen-bond acceptors (Lipinski definition) is 5. The fraction of sp³-hybridized carbons (Fsp3) is 0.278. The van der Waals surface area contributed by atoms with Gasteiger partial charge in [-0.1, -0.05) is 23.2 Å². The molecule has 0 bridgehead atoms. The largest absolute Gasteiger partial charge is 0.504 e. The molecule has 0 fully saturated rings. The van der Waals surface area contributed by atoms with Gasteiger partial charge in [0.2, 0.25) is 0 Å². The van der Waals surface area contributed by atoms with Crippen molar-refractivity contribution in [2.75, 3.05) is 13.7 Å². The first-order chi connectivity index (χ1) is 11.9. The Morgan fingerprint density at radius 3 is 2.56 bits per heavy atom. The number of esters is 1. The summed E-state index contributed by atoms with van der Waals surface area (Å²) in [5.74, 6) is 0.873. The van der Waals surface area contributed by atoms with E-state index in [1.807, 2.05) is 0 Å². The van der Waals surface area contributed by atoms with Gasteiger partial charge in [0.25, 0.3) is 0 Å². The van der Waals surface area contributed by atoms with Crippen molar-refractivity contribution in [1.29, 1.82) is 0 Å². The smallest absolute Gasteiger partial charge is 0.311 e. The molecule has 2 aromatic carbocycles.